The van der Waals surface area contributed by atoms with Crippen LogP contribution in [0.4, 0.5) is 0 Å². The molecule has 0 aliphatic heterocycles. The largest absolute Gasteiger partial charge is 0.328 e. The summed E-state index contributed by atoms with van der Waals surface area (Å²) in [5.74, 6) is 0. The first-order chi connectivity index (χ1) is 10.6. The fourth-order valence-corrected chi connectivity index (χ4v) is 2.12. The molecule has 3 rings (SSSR count). The number of hydrogen-bond acceptors (Lipinski definition) is 4. The normalized spacial score (nSPS) is 10.6. The average molecular weight is 294 g/mol. The maximum atomic E-state index is 11.8. The van der Waals surface area contributed by atoms with Crippen LogP contribution in [0.2, 0.25) is 0 Å². The second-order valence-electron chi connectivity index (χ2n) is 4.97. The van der Waals surface area contributed by atoms with Crippen LogP contribution in [0.15, 0.2) is 58.5 Å². The molecule has 0 saturated carbocycles. The van der Waals surface area contributed by atoms with Crippen molar-refractivity contribution in [2.75, 3.05) is 0 Å². The first-order valence-electron chi connectivity index (χ1n) is 6.80. The van der Waals surface area contributed by atoms with Gasteiger partial charge in [-0.2, -0.15) is 0 Å². The Hall–Kier alpha value is -3.02. The Bertz CT molecular complexity index is 896. The molecule has 22 heavy (non-hydrogen) atoms. The minimum Gasteiger partial charge on any atom is -0.296 e. The van der Waals surface area contributed by atoms with Crippen LogP contribution in [0.3, 0.4) is 0 Å². The molecule has 3 aromatic heterocycles. The van der Waals surface area contributed by atoms with E-state index >= 15 is 0 Å². The van der Waals surface area contributed by atoms with Gasteiger partial charge in [0.1, 0.15) is 0 Å². The van der Waals surface area contributed by atoms with Gasteiger partial charge < -0.3 is 0 Å². The van der Waals surface area contributed by atoms with Gasteiger partial charge in [0, 0.05) is 24.2 Å². The van der Waals surface area contributed by atoms with Gasteiger partial charge in [0.2, 0.25) is 0 Å². The first-order valence-corrected chi connectivity index (χ1v) is 6.80. The van der Waals surface area contributed by atoms with Gasteiger partial charge in [0.15, 0.2) is 0 Å². The molecule has 0 unspecified atom stereocenters. The van der Waals surface area contributed by atoms with Crippen LogP contribution in [0.1, 0.15) is 11.1 Å². The zero-order valence-corrected chi connectivity index (χ0v) is 12.0. The molecule has 0 aliphatic carbocycles. The lowest BCUT2D eigenvalue weighted by Crippen LogP contribution is -2.31. The first kappa shape index (κ1) is 13.9. The van der Waals surface area contributed by atoms with Crippen molar-refractivity contribution in [3.63, 3.8) is 0 Å². The van der Waals surface area contributed by atoms with E-state index in [2.05, 4.69) is 15.0 Å². The van der Waals surface area contributed by atoms with Crippen LogP contribution in [0, 0.1) is 6.92 Å². The second-order valence-corrected chi connectivity index (χ2v) is 4.97. The van der Waals surface area contributed by atoms with E-state index in [1.807, 2.05) is 30.3 Å². The summed E-state index contributed by atoms with van der Waals surface area (Å²) in [6.45, 7) is 2.02. The summed E-state index contributed by atoms with van der Waals surface area (Å²) in [5.41, 5.74) is 2.15. The van der Waals surface area contributed by atoms with Crippen molar-refractivity contribution >= 4 is 0 Å². The molecule has 0 radical (unpaired) electrons. The number of hydrogen-bond donors (Lipinski definition) is 1. The van der Waals surface area contributed by atoms with Crippen molar-refractivity contribution in [2.24, 2.45) is 0 Å². The van der Waals surface area contributed by atoms with Gasteiger partial charge in [-0.3, -0.25) is 24.3 Å². The summed E-state index contributed by atoms with van der Waals surface area (Å²) < 4.78 is 1.45. The van der Waals surface area contributed by atoms with Crippen molar-refractivity contribution in [3.05, 3.63) is 80.9 Å². The summed E-state index contributed by atoms with van der Waals surface area (Å²) in [4.78, 5) is 34.0. The molecule has 0 fully saturated rings. The SMILES string of the molecule is Cc1cn(Cc2ccc(-c3ccccn3)nc2)c(=O)[nH]c1=O. The zero-order valence-electron chi connectivity index (χ0n) is 12.0. The molecule has 110 valence electrons. The van der Waals surface area contributed by atoms with Crippen LogP contribution in [0.25, 0.3) is 11.4 Å². The number of aromatic amines is 1. The number of aromatic nitrogens is 4. The number of pyridine rings is 2. The van der Waals surface area contributed by atoms with Gasteiger partial charge in [-0.05, 0) is 30.7 Å². The molecule has 0 aliphatic rings. The lowest BCUT2D eigenvalue weighted by atomic mass is 10.2. The van der Waals surface area contributed by atoms with E-state index in [0.29, 0.717) is 12.1 Å². The van der Waals surface area contributed by atoms with E-state index < -0.39 is 5.69 Å². The molecule has 6 nitrogen and oxygen atoms in total. The van der Waals surface area contributed by atoms with E-state index in [-0.39, 0.29) is 5.56 Å². The number of rotatable bonds is 3. The maximum Gasteiger partial charge on any atom is 0.328 e. The maximum absolute atomic E-state index is 11.8. The summed E-state index contributed by atoms with van der Waals surface area (Å²) >= 11 is 0. The van der Waals surface area contributed by atoms with E-state index in [9.17, 15) is 9.59 Å². The number of nitrogens with zero attached hydrogens (tertiary/aromatic N) is 3. The van der Waals surface area contributed by atoms with Crippen LogP contribution >= 0.6 is 0 Å². The van der Waals surface area contributed by atoms with Crippen molar-refractivity contribution in [1.82, 2.24) is 19.5 Å². The molecule has 0 amide bonds. The third kappa shape index (κ3) is 2.85. The third-order valence-corrected chi connectivity index (χ3v) is 3.29. The highest BCUT2D eigenvalue weighted by molar-refractivity contribution is 5.53. The van der Waals surface area contributed by atoms with Crippen LogP contribution in [0.5, 0.6) is 0 Å². The second kappa shape index (κ2) is 5.77. The van der Waals surface area contributed by atoms with Gasteiger partial charge in [0.25, 0.3) is 5.56 Å². The molecule has 0 bridgehead atoms. The van der Waals surface area contributed by atoms with E-state index in [1.165, 1.54) is 4.57 Å². The topological polar surface area (TPSA) is 80.6 Å². The summed E-state index contributed by atoms with van der Waals surface area (Å²) in [7, 11) is 0. The van der Waals surface area contributed by atoms with E-state index in [4.69, 9.17) is 0 Å². The summed E-state index contributed by atoms with van der Waals surface area (Å²) in [6.07, 6.45) is 4.97. The molecule has 0 atom stereocenters. The monoisotopic (exact) mass is 294 g/mol. The standard InChI is InChI=1S/C16H14N4O2/c1-11-9-20(16(22)19-15(11)21)10-12-5-6-14(18-8-12)13-4-2-3-7-17-13/h2-9H,10H2,1H3,(H,19,21,22). The van der Waals surface area contributed by atoms with Crippen molar-refractivity contribution in [2.45, 2.75) is 13.5 Å². The van der Waals surface area contributed by atoms with Gasteiger partial charge in [-0.1, -0.05) is 12.1 Å². The summed E-state index contributed by atoms with van der Waals surface area (Å²) in [5, 5.41) is 0. The van der Waals surface area contributed by atoms with Crippen molar-refractivity contribution in [3.8, 4) is 11.4 Å². The lowest BCUT2D eigenvalue weighted by Gasteiger charge is -2.06. The molecule has 3 aromatic rings. The molecule has 0 spiro atoms. The van der Waals surface area contributed by atoms with Crippen molar-refractivity contribution < 1.29 is 0 Å². The summed E-state index contributed by atoms with van der Waals surface area (Å²) in [6, 6.07) is 9.40. The Kier molecular flexibility index (Phi) is 3.65. The molecule has 0 saturated heterocycles. The average Bonchev–Trinajstić information content (AvgIpc) is 2.54. The third-order valence-electron chi connectivity index (χ3n) is 3.29. The van der Waals surface area contributed by atoms with Crippen molar-refractivity contribution in [1.29, 1.82) is 0 Å². The molecular formula is C16H14N4O2. The molecule has 3 heterocycles. The Morgan fingerprint density at radius 1 is 1.09 bits per heavy atom. The quantitative estimate of drug-likeness (QED) is 0.790. The minimum atomic E-state index is -0.426. The number of aryl methyl sites for hydroxylation is 1. The minimum absolute atomic E-state index is 0.353. The smallest absolute Gasteiger partial charge is 0.296 e. The van der Waals surface area contributed by atoms with Gasteiger partial charge in [0.05, 0.1) is 17.9 Å². The predicted octanol–water partition coefficient (Wildman–Crippen LogP) is 1.35. The Labute approximate surface area is 126 Å². The fraction of sp³-hybridized carbons (Fsp3) is 0.125. The zero-order chi connectivity index (χ0) is 15.5. The highest BCUT2D eigenvalue weighted by atomic mass is 16.2. The highest BCUT2D eigenvalue weighted by Crippen LogP contribution is 2.13. The Morgan fingerprint density at radius 2 is 1.91 bits per heavy atom. The van der Waals surface area contributed by atoms with Gasteiger partial charge in [-0.15, -0.1) is 0 Å². The van der Waals surface area contributed by atoms with Crippen LogP contribution in [-0.2, 0) is 6.54 Å². The molecular weight excluding hydrogens is 280 g/mol. The van der Waals surface area contributed by atoms with Gasteiger partial charge in [-0.25, -0.2) is 4.79 Å². The van der Waals surface area contributed by atoms with Gasteiger partial charge >= 0.3 is 5.69 Å². The molecule has 0 aromatic carbocycles. The Morgan fingerprint density at radius 3 is 2.59 bits per heavy atom. The van der Waals surface area contributed by atoms with E-state index in [0.717, 1.165) is 17.0 Å². The molecule has 1 N–H and O–H groups in total. The number of nitrogens with one attached hydrogen (secondary N) is 1. The lowest BCUT2D eigenvalue weighted by molar-refractivity contribution is 0.711. The molecule has 6 heteroatoms. The Balaban J connectivity index is 1.87. The fourth-order valence-electron chi connectivity index (χ4n) is 2.12. The van der Waals surface area contributed by atoms with Crippen LogP contribution < -0.4 is 11.2 Å². The predicted molar refractivity (Wildman–Crippen MR) is 82.6 cm³/mol. The van der Waals surface area contributed by atoms with Crippen LogP contribution in [-0.4, -0.2) is 19.5 Å². The highest BCUT2D eigenvalue weighted by Gasteiger charge is 2.04. The number of H-pyrrole nitrogens is 1. The van der Waals surface area contributed by atoms with E-state index in [1.54, 1.807) is 25.5 Å².